The zero-order chi connectivity index (χ0) is 14.0. The predicted molar refractivity (Wildman–Crippen MR) is 79.2 cm³/mol. The standard InChI is InChI=1S/C18H22O2/c1-17-10-8-14-13-5-3-2-4-12(13)6-7-15(14)18(17,20)11-9-16(17)19/h2-7,14-16,19-20H,8-11H2,1H3/t14-,15+,16+,17+,18-/m1/s1. The van der Waals surface area contributed by atoms with Crippen LogP contribution in [0.25, 0.3) is 6.08 Å². The Bertz CT molecular complexity index is 579. The van der Waals surface area contributed by atoms with Crippen molar-refractivity contribution in [1.82, 2.24) is 0 Å². The van der Waals surface area contributed by atoms with Crippen LogP contribution in [-0.2, 0) is 0 Å². The summed E-state index contributed by atoms with van der Waals surface area (Å²) in [6.07, 6.45) is 7.41. The van der Waals surface area contributed by atoms with Crippen molar-refractivity contribution >= 4 is 6.08 Å². The van der Waals surface area contributed by atoms with Crippen molar-refractivity contribution in [2.45, 2.75) is 50.2 Å². The summed E-state index contributed by atoms with van der Waals surface area (Å²) in [5.74, 6) is 0.549. The van der Waals surface area contributed by atoms with Crippen LogP contribution >= 0.6 is 0 Å². The maximum atomic E-state index is 11.4. The first-order chi connectivity index (χ1) is 9.56. The van der Waals surface area contributed by atoms with E-state index in [-0.39, 0.29) is 17.4 Å². The Labute approximate surface area is 120 Å². The molecule has 4 rings (SSSR count). The van der Waals surface area contributed by atoms with Gasteiger partial charge >= 0.3 is 0 Å². The Balaban J connectivity index is 1.82. The zero-order valence-corrected chi connectivity index (χ0v) is 11.9. The van der Waals surface area contributed by atoms with Gasteiger partial charge in [0.2, 0.25) is 0 Å². The van der Waals surface area contributed by atoms with Crippen LogP contribution in [0, 0.1) is 11.3 Å². The van der Waals surface area contributed by atoms with Gasteiger partial charge in [-0.25, -0.2) is 0 Å². The molecule has 3 aliphatic carbocycles. The normalized spacial score (nSPS) is 45.6. The molecule has 106 valence electrons. The van der Waals surface area contributed by atoms with E-state index in [0.29, 0.717) is 5.92 Å². The van der Waals surface area contributed by atoms with Crippen LogP contribution in [-0.4, -0.2) is 21.9 Å². The minimum Gasteiger partial charge on any atom is -0.392 e. The fourth-order valence-corrected chi connectivity index (χ4v) is 5.00. The topological polar surface area (TPSA) is 40.5 Å². The number of aliphatic hydroxyl groups excluding tert-OH is 1. The summed E-state index contributed by atoms with van der Waals surface area (Å²) in [5.41, 5.74) is 1.57. The van der Waals surface area contributed by atoms with Crippen LogP contribution in [0.15, 0.2) is 30.3 Å². The monoisotopic (exact) mass is 270 g/mol. The Morgan fingerprint density at radius 2 is 1.95 bits per heavy atom. The van der Waals surface area contributed by atoms with Crippen LogP contribution in [0.5, 0.6) is 0 Å². The van der Waals surface area contributed by atoms with Gasteiger partial charge in [-0.2, -0.15) is 0 Å². The second kappa shape index (κ2) is 3.96. The summed E-state index contributed by atoms with van der Waals surface area (Å²) in [7, 11) is 0. The highest BCUT2D eigenvalue weighted by atomic mass is 16.3. The van der Waals surface area contributed by atoms with E-state index >= 15 is 0 Å². The van der Waals surface area contributed by atoms with Crippen molar-refractivity contribution in [3.63, 3.8) is 0 Å². The highest BCUT2D eigenvalue weighted by Crippen LogP contribution is 2.62. The molecule has 2 heteroatoms. The predicted octanol–water partition coefficient (Wildman–Crippen LogP) is 3.10. The average Bonchev–Trinajstić information content (AvgIpc) is 2.71. The number of hydrogen-bond acceptors (Lipinski definition) is 2. The molecule has 2 fully saturated rings. The Morgan fingerprint density at radius 3 is 2.80 bits per heavy atom. The van der Waals surface area contributed by atoms with E-state index in [0.717, 1.165) is 25.7 Å². The lowest BCUT2D eigenvalue weighted by Gasteiger charge is -2.53. The molecule has 0 saturated heterocycles. The molecule has 1 aromatic carbocycles. The molecule has 0 radical (unpaired) electrons. The first kappa shape index (κ1) is 12.6. The van der Waals surface area contributed by atoms with Crippen LogP contribution < -0.4 is 0 Å². The number of hydrogen-bond donors (Lipinski definition) is 2. The van der Waals surface area contributed by atoms with E-state index in [9.17, 15) is 10.2 Å². The molecule has 0 aromatic heterocycles. The highest BCUT2D eigenvalue weighted by molar-refractivity contribution is 5.59. The molecule has 2 N–H and O–H groups in total. The third-order valence-electron chi connectivity index (χ3n) is 6.36. The molecule has 5 atom stereocenters. The third-order valence-corrected chi connectivity index (χ3v) is 6.36. The smallest absolute Gasteiger partial charge is 0.0794 e. The molecule has 3 aliphatic rings. The minimum absolute atomic E-state index is 0.147. The molecule has 2 nitrogen and oxygen atoms in total. The second-order valence-corrected chi connectivity index (χ2v) is 7.06. The van der Waals surface area contributed by atoms with Gasteiger partial charge in [0.05, 0.1) is 11.7 Å². The number of fused-ring (bicyclic) bond motifs is 5. The Hall–Kier alpha value is -1.12. The van der Waals surface area contributed by atoms with E-state index < -0.39 is 5.60 Å². The van der Waals surface area contributed by atoms with E-state index in [2.05, 4.69) is 43.3 Å². The lowest BCUT2D eigenvalue weighted by Crippen LogP contribution is -2.56. The van der Waals surface area contributed by atoms with Gasteiger partial charge in [0.1, 0.15) is 0 Å². The molecule has 0 bridgehead atoms. The van der Waals surface area contributed by atoms with Gasteiger partial charge < -0.3 is 10.2 Å². The summed E-state index contributed by atoms with van der Waals surface area (Å²) < 4.78 is 0. The van der Waals surface area contributed by atoms with Crippen LogP contribution in [0.4, 0.5) is 0 Å². The molecular weight excluding hydrogens is 248 g/mol. The zero-order valence-electron chi connectivity index (χ0n) is 11.9. The molecule has 0 amide bonds. The first-order valence-corrected chi connectivity index (χ1v) is 7.74. The first-order valence-electron chi connectivity index (χ1n) is 7.74. The summed E-state index contributed by atoms with van der Waals surface area (Å²) in [4.78, 5) is 0. The van der Waals surface area contributed by atoms with Crippen molar-refractivity contribution < 1.29 is 10.2 Å². The summed E-state index contributed by atoms with van der Waals surface area (Å²) in [6.45, 7) is 2.08. The second-order valence-electron chi connectivity index (χ2n) is 7.06. The quantitative estimate of drug-likeness (QED) is 0.760. The molecule has 0 aliphatic heterocycles. The molecule has 0 unspecified atom stereocenters. The van der Waals surface area contributed by atoms with Gasteiger partial charge in [-0.1, -0.05) is 43.3 Å². The SMILES string of the molecule is C[C@@]12CC[C@@H]3c4ccccc4C=C[C@@H]3[C@]1(O)CC[C@@H]2O. The van der Waals surface area contributed by atoms with Crippen molar-refractivity contribution in [1.29, 1.82) is 0 Å². The fraction of sp³-hybridized carbons (Fsp3) is 0.556. The van der Waals surface area contributed by atoms with Gasteiger partial charge in [0.25, 0.3) is 0 Å². The van der Waals surface area contributed by atoms with E-state index in [1.807, 2.05) is 0 Å². The fourth-order valence-electron chi connectivity index (χ4n) is 5.00. The summed E-state index contributed by atoms with van der Waals surface area (Å²) in [6, 6.07) is 8.53. The van der Waals surface area contributed by atoms with Gasteiger partial charge in [0.15, 0.2) is 0 Å². The maximum absolute atomic E-state index is 11.4. The number of benzene rings is 1. The summed E-state index contributed by atoms with van der Waals surface area (Å²) in [5, 5.41) is 21.7. The van der Waals surface area contributed by atoms with Crippen LogP contribution in [0.1, 0.15) is 49.7 Å². The maximum Gasteiger partial charge on any atom is 0.0794 e. The molecule has 0 heterocycles. The van der Waals surface area contributed by atoms with E-state index in [1.54, 1.807) is 0 Å². The van der Waals surface area contributed by atoms with Gasteiger partial charge in [-0.15, -0.1) is 0 Å². The lowest BCUT2D eigenvalue weighted by atomic mass is 9.54. The highest BCUT2D eigenvalue weighted by Gasteiger charge is 2.63. The molecule has 1 aromatic rings. The summed E-state index contributed by atoms with van der Waals surface area (Å²) >= 11 is 0. The molecule has 2 saturated carbocycles. The minimum atomic E-state index is -0.751. The van der Waals surface area contributed by atoms with Crippen molar-refractivity contribution in [3.8, 4) is 0 Å². The largest absolute Gasteiger partial charge is 0.392 e. The number of aliphatic hydroxyl groups is 2. The molecule has 0 spiro atoms. The Morgan fingerprint density at radius 1 is 1.15 bits per heavy atom. The average molecular weight is 270 g/mol. The van der Waals surface area contributed by atoms with Crippen molar-refractivity contribution in [3.05, 3.63) is 41.5 Å². The van der Waals surface area contributed by atoms with Gasteiger partial charge in [-0.3, -0.25) is 0 Å². The molecular formula is C18H22O2. The van der Waals surface area contributed by atoms with Crippen molar-refractivity contribution in [2.75, 3.05) is 0 Å². The van der Waals surface area contributed by atoms with Crippen LogP contribution in [0.3, 0.4) is 0 Å². The van der Waals surface area contributed by atoms with E-state index in [4.69, 9.17) is 0 Å². The number of rotatable bonds is 0. The van der Waals surface area contributed by atoms with Crippen molar-refractivity contribution in [2.24, 2.45) is 11.3 Å². The Kier molecular flexibility index (Phi) is 2.49. The van der Waals surface area contributed by atoms with E-state index in [1.165, 1.54) is 11.1 Å². The third kappa shape index (κ3) is 1.36. The van der Waals surface area contributed by atoms with Gasteiger partial charge in [-0.05, 0) is 42.7 Å². The lowest BCUT2D eigenvalue weighted by molar-refractivity contribution is -0.147. The molecule has 20 heavy (non-hydrogen) atoms. The van der Waals surface area contributed by atoms with Gasteiger partial charge in [0, 0.05) is 11.3 Å². The van der Waals surface area contributed by atoms with Crippen LogP contribution in [0.2, 0.25) is 0 Å².